The predicted octanol–water partition coefficient (Wildman–Crippen LogP) is 3.08. The SMILES string of the molecule is Cc1ccc([C@H](C)NC(=O)C2CCCCCC2N)cc1. The van der Waals surface area contributed by atoms with Crippen molar-refractivity contribution in [3.05, 3.63) is 35.4 Å². The molecule has 3 nitrogen and oxygen atoms in total. The van der Waals surface area contributed by atoms with Crippen LogP contribution in [0.15, 0.2) is 24.3 Å². The first-order valence-corrected chi connectivity index (χ1v) is 7.70. The van der Waals surface area contributed by atoms with Crippen LogP contribution in [0.4, 0.5) is 0 Å². The molecule has 0 heterocycles. The molecule has 110 valence electrons. The second-order valence-electron chi connectivity index (χ2n) is 6.05. The standard InChI is InChI=1S/C17H26N2O/c1-12-8-10-14(11-9-12)13(2)19-17(20)15-6-4-3-5-7-16(15)18/h8-11,13,15-16H,3-7,18H2,1-2H3,(H,19,20)/t13-,15?,16?/m0/s1. The lowest BCUT2D eigenvalue weighted by Crippen LogP contribution is -2.42. The summed E-state index contributed by atoms with van der Waals surface area (Å²) in [5, 5.41) is 3.12. The molecule has 1 amide bonds. The van der Waals surface area contributed by atoms with Crippen molar-refractivity contribution in [2.45, 2.75) is 58.0 Å². The van der Waals surface area contributed by atoms with E-state index in [4.69, 9.17) is 5.73 Å². The largest absolute Gasteiger partial charge is 0.349 e. The van der Waals surface area contributed by atoms with Gasteiger partial charge >= 0.3 is 0 Å². The van der Waals surface area contributed by atoms with Gasteiger partial charge in [-0.1, -0.05) is 49.1 Å². The summed E-state index contributed by atoms with van der Waals surface area (Å²) < 4.78 is 0. The highest BCUT2D eigenvalue weighted by atomic mass is 16.2. The van der Waals surface area contributed by atoms with E-state index in [1.54, 1.807) is 0 Å². The van der Waals surface area contributed by atoms with E-state index in [9.17, 15) is 4.79 Å². The van der Waals surface area contributed by atoms with E-state index in [1.807, 2.05) is 6.92 Å². The number of aryl methyl sites for hydroxylation is 1. The third-order valence-corrected chi connectivity index (χ3v) is 4.34. The zero-order valence-electron chi connectivity index (χ0n) is 12.6. The molecular formula is C17H26N2O. The molecule has 20 heavy (non-hydrogen) atoms. The van der Waals surface area contributed by atoms with Crippen LogP contribution in [0.5, 0.6) is 0 Å². The van der Waals surface area contributed by atoms with Gasteiger partial charge in [-0.25, -0.2) is 0 Å². The lowest BCUT2D eigenvalue weighted by molar-refractivity contribution is -0.126. The smallest absolute Gasteiger partial charge is 0.225 e. The first-order valence-electron chi connectivity index (χ1n) is 7.70. The maximum Gasteiger partial charge on any atom is 0.225 e. The van der Waals surface area contributed by atoms with Crippen LogP contribution in [0.2, 0.25) is 0 Å². The molecule has 2 rings (SSSR count). The number of hydrogen-bond donors (Lipinski definition) is 2. The molecule has 1 aliphatic rings. The summed E-state index contributed by atoms with van der Waals surface area (Å²) in [5.74, 6) is 0.0953. The molecule has 3 N–H and O–H groups in total. The zero-order valence-corrected chi connectivity index (χ0v) is 12.6. The van der Waals surface area contributed by atoms with E-state index in [-0.39, 0.29) is 23.9 Å². The first-order chi connectivity index (χ1) is 9.58. The molecule has 3 atom stereocenters. The van der Waals surface area contributed by atoms with Gasteiger partial charge in [0.05, 0.1) is 12.0 Å². The van der Waals surface area contributed by atoms with Gasteiger partial charge in [0.2, 0.25) is 5.91 Å². The minimum Gasteiger partial charge on any atom is -0.349 e. The normalized spacial score (nSPS) is 24.8. The molecule has 0 aliphatic heterocycles. The van der Waals surface area contributed by atoms with Crippen molar-refractivity contribution >= 4 is 5.91 Å². The average molecular weight is 274 g/mol. The topological polar surface area (TPSA) is 55.1 Å². The van der Waals surface area contributed by atoms with Gasteiger partial charge in [-0.15, -0.1) is 0 Å². The molecule has 0 bridgehead atoms. The third-order valence-electron chi connectivity index (χ3n) is 4.34. The van der Waals surface area contributed by atoms with Crippen LogP contribution in [0.3, 0.4) is 0 Å². The number of carbonyl (C=O) groups is 1. The summed E-state index contributed by atoms with van der Waals surface area (Å²) in [6, 6.07) is 8.37. The predicted molar refractivity (Wildman–Crippen MR) is 82.3 cm³/mol. The lowest BCUT2D eigenvalue weighted by Gasteiger charge is -2.23. The summed E-state index contributed by atoms with van der Waals surface area (Å²) in [7, 11) is 0. The van der Waals surface area contributed by atoms with E-state index in [1.165, 1.54) is 12.0 Å². The van der Waals surface area contributed by atoms with Crippen LogP contribution in [0.25, 0.3) is 0 Å². The monoisotopic (exact) mass is 274 g/mol. The van der Waals surface area contributed by atoms with E-state index in [2.05, 4.69) is 36.5 Å². The van der Waals surface area contributed by atoms with Crippen molar-refractivity contribution in [3.63, 3.8) is 0 Å². The highest BCUT2D eigenvalue weighted by molar-refractivity contribution is 5.79. The number of rotatable bonds is 3. The molecule has 1 aromatic carbocycles. The average Bonchev–Trinajstić information content (AvgIpc) is 2.64. The van der Waals surface area contributed by atoms with Gasteiger partial charge in [0.25, 0.3) is 0 Å². The van der Waals surface area contributed by atoms with Gasteiger partial charge < -0.3 is 11.1 Å². The van der Waals surface area contributed by atoms with Crippen molar-refractivity contribution in [1.82, 2.24) is 5.32 Å². The summed E-state index contributed by atoms with van der Waals surface area (Å²) in [6.07, 6.45) is 5.36. The Labute approximate surface area is 121 Å². The van der Waals surface area contributed by atoms with E-state index < -0.39 is 0 Å². The van der Waals surface area contributed by atoms with Crippen LogP contribution in [0.1, 0.15) is 56.2 Å². The maximum absolute atomic E-state index is 12.4. The van der Waals surface area contributed by atoms with Crippen LogP contribution in [0, 0.1) is 12.8 Å². The summed E-state index contributed by atoms with van der Waals surface area (Å²) in [4.78, 5) is 12.4. The molecule has 1 aliphatic carbocycles. The number of nitrogens with two attached hydrogens (primary N) is 1. The van der Waals surface area contributed by atoms with Gasteiger partial charge in [0.1, 0.15) is 0 Å². The number of carbonyl (C=O) groups excluding carboxylic acids is 1. The fraction of sp³-hybridized carbons (Fsp3) is 0.588. The van der Waals surface area contributed by atoms with Gasteiger partial charge in [-0.05, 0) is 32.3 Å². The van der Waals surface area contributed by atoms with E-state index >= 15 is 0 Å². The quantitative estimate of drug-likeness (QED) is 0.832. The van der Waals surface area contributed by atoms with Crippen LogP contribution in [-0.2, 0) is 4.79 Å². The minimum absolute atomic E-state index is 0.0164. The van der Waals surface area contributed by atoms with Gasteiger partial charge in [0, 0.05) is 6.04 Å². The first kappa shape index (κ1) is 15.0. The van der Waals surface area contributed by atoms with Crippen molar-refractivity contribution < 1.29 is 4.79 Å². The minimum atomic E-state index is -0.0228. The third kappa shape index (κ3) is 3.83. The Balaban J connectivity index is 1.97. The Morgan fingerprint density at radius 1 is 1.20 bits per heavy atom. The maximum atomic E-state index is 12.4. The van der Waals surface area contributed by atoms with Crippen LogP contribution in [-0.4, -0.2) is 11.9 Å². The summed E-state index contributed by atoms with van der Waals surface area (Å²) >= 11 is 0. The Bertz CT molecular complexity index is 441. The molecule has 0 saturated heterocycles. The van der Waals surface area contributed by atoms with E-state index in [0.29, 0.717) is 0 Å². The Morgan fingerprint density at radius 2 is 1.85 bits per heavy atom. The molecule has 3 heteroatoms. The summed E-state index contributed by atoms with van der Waals surface area (Å²) in [5.41, 5.74) is 8.53. The van der Waals surface area contributed by atoms with Gasteiger partial charge in [-0.2, -0.15) is 0 Å². The molecule has 2 unspecified atom stereocenters. The lowest BCUT2D eigenvalue weighted by atomic mass is 9.94. The molecule has 1 saturated carbocycles. The highest BCUT2D eigenvalue weighted by Crippen LogP contribution is 2.23. The van der Waals surface area contributed by atoms with Crippen LogP contribution >= 0.6 is 0 Å². The fourth-order valence-electron chi connectivity index (χ4n) is 2.92. The van der Waals surface area contributed by atoms with Crippen molar-refractivity contribution in [3.8, 4) is 0 Å². The van der Waals surface area contributed by atoms with Crippen molar-refractivity contribution in [2.24, 2.45) is 11.7 Å². The number of nitrogens with one attached hydrogen (secondary N) is 1. The Kier molecular flexibility index (Phi) is 5.18. The van der Waals surface area contributed by atoms with Crippen LogP contribution < -0.4 is 11.1 Å². The molecule has 0 spiro atoms. The highest BCUT2D eigenvalue weighted by Gasteiger charge is 2.27. The summed E-state index contributed by atoms with van der Waals surface area (Å²) in [6.45, 7) is 4.10. The van der Waals surface area contributed by atoms with Gasteiger partial charge in [0.15, 0.2) is 0 Å². The molecule has 1 fully saturated rings. The number of benzene rings is 1. The Hall–Kier alpha value is -1.35. The van der Waals surface area contributed by atoms with Crippen molar-refractivity contribution in [2.75, 3.05) is 0 Å². The van der Waals surface area contributed by atoms with E-state index in [0.717, 1.165) is 31.2 Å². The second kappa shape index (κ2) is 6.89. The molecule has 0 radical (unpaired) electrons. The molecule has 1 aromatic rings. The van der Waals surface area contributed by atoms with Crippen molar-refractivity contribution in [1.29, 1.82) is 0 Å². The molecule has 0 aromatic heterocycles. The Morgan fingerprint density at radius 3 is 2.55 bits per heavy atom. The number of hydrogen-bond acceptors (Lipinski definition) is 2. The van der Waals surface area contributed by atoms with Gasteiger partial charge in [-0.3, -0.25) is 4.79 Å². The molecular weight excluding hydrogens is 248 g/mol. The fourth-order valence-corrected chi connectivity index (χ4v) is 2.92. The number of amides is 1. The zero-order chi connectivity index (χ0) is 14.5. The second-order valence-corrected chi connectivity index (χ2v) is 6.05.